The van der Waals surface area contributed by atoms with Crippen LogP contribution in [0, 0.1) is 17.0 Å². The van der Waals surface area contributed by atoms with E-state index in [1.165, 1.54) is 23.5 Å². The van der Waals surface area contributed by atoms with E-state index in [-0.39, 0.29) is 18.0 Å². The maximum atomic E-state index is 12.2. The van der Waals surface area contributed by atoms with Crippen LogP contribution in [0.4, 0.5) is 5.69 Å². The molecule has 1 heterocycles. The largest absolute Gasteiger partial charge is 0.319 e. The molecule has 3 aromatic rings. The quantitative estimate of drug-likeness (QED) is 0.542. The number of non-ortho nitro benzene ring substituents is 1. The van der Waals surface area contributed by atoms with Gasteiger partial charge in [-0.3, -0.25) is 14.9 Å². The Morgan fingerprint density at radius 1 is 1.25 bits per heavy atom. The Bertz CT molecular complexity index is 1000. The van der Waals surface area contributed by atoms with E-state index < -0.39 is 4.92 Å². The van der Waals surface area contributed by atoms with E-state index >= 15 is 0 Å². The standard InChI is InChI=1S/C17H15N3O3S/c1-11-3-5-12(6-4-11)9-16(21)18-17-19(2)14-8-7-13(20(22)23)10-15(14)24-17/h3-8,10H,9H2,1-2H3. The normalized spacial score (nSPS) is 11.8. The van der Waals surface area contributed by atoms with Gasteiger partial charge in [0.05, 0.1) is 21.6 Å². The highest BCUT2D eigenvalue weighted by atomic mass is 32.1. The van der Waals surface area contributed by atoms with Crippen LogP contribution in [-0.4, -0.2) is 15.4 Å². The van der Waals surface area contributed by atoms with E-state index in [0.29, 0.717) is 4.80 Å². The highest BCUT2D eigenvalue weighted by Gasteiger charge is 2.11. The second kappa shape index (κ2) is 6.37. The topological polar surface area (TPSA) is 77.5 Å². The van der Waals surface area contributed by atoms with Crippen LogP contribution in [0.25, 0.3) is 10.2 Å². The molecule has 1 aromatic heterocycles. The van der Waals surface area contributed by atoms with E-state index in [1.54, 1.807) is 17.7 Å². The summed E-state index contributed by atoms with van der Waals surface area (Å²) in [7, 11) is 1.79. The third-order valence-electron chi connectivity index (χ3n) is 3.70. The van der Waals surface area contributed by atoms with E-state index in [1.807, 2.05) is 31.2 Å². The van der Waals surface area contributed by atoms with Crippen molar-refractivity contribution in [1.29, 1.82) is 0 Å². The van der Waals surface area contributed by atoms with Crippen LogP contribution < -0.4 is 4.80 Å². The molecule has 0 fully saturated rings. The first kappa shape index (κ1) is 16.1. The Hall–Kier alpha value is -2.80. The molecule has 122 valence electrons. The van der Waals surface area contributed by atoms with Crippen LogP contribution >= 0.6 is 11.3 Å². The number of rotatable bonds is 3. The fraction of sp³-hybridized carbons (Fsp3) is 0.176. The van der Waals surface area contributed by atoms with Gasteiger partial charge in [0, 0.05) is 19.2 Å². The molecule has 0 atom stereocenters. The van der Waals surface area contributed by atoms with Gasteiger partial charge in [-0.15, -0.1) is 0 Å². The van der Waals surface area contributed by atoms with Crippen LogP contribution in [-0.2, 0) is 18.3 Å². The summed E-state index contributed by atoms with van der Waals surface area (Å²) in [6, 6.07) is 12.4. The summed E-state index contributed by atoms with van der Waals surface area (Å²) < 4.78 is 2.50. The van der Waals surface area contributed by atoms with Crippen molar-refractivity contribution in [3.63, 3.8) is 0 Å². The molecule has 1 amide bonds. The number of amides is 1. The monoisotopic (exact) mass is 341 g/mol. The van der Waals surface area contributed by atoms with Gasteiger partial charge in [0.15, 0.2) is 4.80 Å². The predicted octanol–water partition coefficient (Wildman–Crippen LogP) is 3.13. The number of fused-ring (bicyclic) bond motifs is 1. The molecule has 6 nitrogen and oxygen atoms in total. The Morgan fingerprint density at radius 2 is 1.96 bits per heavy atom. The molecule has 0 aliphatic carbocycles. The lowest BCUT2D eigenvalue weighted by molar-refractivity contribution is -0.384. The second-order valence-corrected chi connectivity index (χ2v) is 6.53. The summed E-state index contributed by atoms with van der Waals surface area (Å²) >= 11 is 1.27. The van der Waals surface area contributed by atoms with Crippen LogP contribution in [0.15, 0.2) is 47.5 Å². The first-order valence-electron chi connectivity index (χ1n) is 7.31. The van der Waals surface area contributed by atoms with Crippen LogP contribution in [0.3, 0.4) is 0 Å². The number of thiazole rings is 1. The minimum atomic E-state index is -0.432. The molecule has 0 N–H and O–H groups in total. The molecular weight excluding hydrogens is 326 g/mol. The molecule has 0 spiro atoms. The van der Waals surface area contributed by atoms with Crippen molar-refractivity contribution < 1.29 is 9.72 Å². The fourth-order valence-corrected chi connectivity index (χ4v) is 3.44. The number of nitro groups is 1. The van der Waals surface area contributed by atoms with E-state index in [0.717, 1.165) is 21.3 Å². The van der Waals surface area contributed by atoms with Crippen molar-refractivity contribution in [1.82, 2.24) is 4.57 Å². The first-order chi connectivity index (χ1) is 11.4. The number of aryl methyl sites for hydroxylation is 2. The zero-order valence-corrected chi connectivity index (χ0v) is 14.0. The molecule has 0 aliphatic heterocycles. The zero-order valence-electron chi connectivity index (χ0n) is 13.2. The maximum Gasteiger partial charge on any atom is 0.270 e. The minimum absolute atomic E-state index is 0.0295. The highest BCUT2D eigenvalue weighted by molar-refractivity contribution is 7.16. The summed E-state index contributed by atoms with van der Waals surface area (Å²) in [6.45, 7) is 1.99. The average molecular weight is 341 g/mol. The molecule has 0 aliphatic rings. The number of nitro benzene ring substituents is 1. The van der Waals surface area contributed by atoms with Gasteiger partial charge >= 0.3 is 0 Å². The summed E-state index contributed by atoms with van der Waals surface area (Å²) in [4.78, 5) is 27.3. The third kappa shape index (κ3) is 3.26. The lowest BCUT2D eigenvalue weighted by Crippen LogP contribution is -2.14. The summed E-state index contributed by atoms with van der Waals surface area (Å²) in [6.07, 6.45) is 0.231. The Balaban J connectivity index is 1.94. The van der Waals surface area contributed by atoms with Gasteiger partial charge in [0.2, 0.25) is 0 Å². The van der Waals surface area contributed by atoms with Gasteiger partial charge < -0.3 is 4.57 Å². The number of carbonyl (C=O) groups excluding carboxylic acids is 1. The lowest BCUT2D eigenvalue weighted by atomic mass is 10.1. The van der Waals surface area contributed by atoms with Crippen LogP contribution in [0.5, 0.6) is 0 Å². The molecule has 0 radical (unpaired) electrons. The third-order valence-corrected chi connectivity index (χ3v) is 4.79. The van der Waals surface area contributed by atoms with Gasteiger partial charge in [0.25, 0.3) is 11.6 Å². The smallest absolute Gasteiger partial charge is 0.270 e. The summed E-state index contributed by atoms with van der Waals surface area (Å²) in [5.74, 6) is -0.240. The molecule has 0 saturated heterocycles. The fourth-order valence-electron chi connectivity index (χ4n) is 2.37. The number of nitrogens with zero attached hydrogens (tertiary/aromatic N) is 3. The summed E-state index contributed by atoms with van der Waals surface area (Å²) in [5.41, 5.74) is 2.89. The zero-order chi connectivity index (χ0) is 17.3. The van der Waals surface area contributed by atoms with Crippen molar-refractivity contribution in [3.8, 4) is 0 Å². The highest BCUT2D eigenvalue weighted by Crippen LogP contribution is 2.22. The van der Waals surface area contributed by atoms with Crippen molar-refractivity contribution >= 4 is 33.1 Å². The molecule has 0 bridgehead atoms. The number of benzene rings is 2. The van der Waals surface area contributed by atoms with Crippen LogP contribution in [0.1, 0.15) is 11.1 Å². The van der Waals surface area contributed by atoms with E-state index in [4.69, 9.17) is 0 Å². The Morgan fingerprint density at radius 3 is 2.62 bits per heavy atom. The number of aromatic nitrogens is 1. The van der Waals surface area contributed by atoms with Crippen molar-refractivity contribution in [3.05, 3.63) is 68.5 Å². The lowest BCUT2D eigenvalue weighted by Gasteiger charge is -1.98. The number of hydrogen-bond donors (Lipinski definition) is 0. The van der Waals surface area contributed by atoms with E-state index in [2.05, 4.69) is 4.99 Å². The molecule has 0 unspecified atom stereocenters. The molecule has 7 heteroatoms. The van der Waals surface area contributed by atoms with Crippen molar-refractivity contribution in [2.75, 3.05) is 0 Å². The maximum absolute atomic E-state index is 12.2. The van der Waals surface area contributed by atoms with Crippen LogP contribution in [0.2, 0.25) is 0 Å². The van der Waals surface area contributed by atoms with Gasteiger partial charge in [-0.25, -0.2) is 0 Å². The second-order valence-electron chi connectivity index (χ2n) is 5.52. The number of hydrogen-bond acceptors (Lipinski definition) is 4. The molecule has 0 saturated carbocycles. The molecule has 2 aromatic carbocycles. The van der Waals surface area contributed by atoms with Crippen molar-refractivity contribution in [2.45, 2.75) is 13.3 Å². The molecule has 3 rings (SSSR count). The van der Waals surface area contributed by atoms with Crippen molar-refractivity contribution in [2.24, 2.45) is 12.0 Å². The SMILES string of the molecule is Cc1ccc(CC(=O)N=c2sc3cc([N+](=O)[O-])ccc3n2C)cc1. The Kier molecular flexibility index (Phi) is 4.26. The molecular formula is C17H15N3O3S. The van der Waals surface area contributed by atoms with Gasteiger partial charge in [0.1, 0.15) is 0 Å². The van der Waals surface area contributed by atoms with Gasteiger partial charge in [-0.1, -0.05) is 41.2 Å². The predicted molar refractivity (Wildman–Crippen MR) is 92.9 cm³/mol. The number of carbonyl (C=O) groups is 1. The Labute approximate surface area is 141 Å². The first-order valence-corrected chi connectivity index (χ1v) is 8.13. The minimum Gasteiger partial charge on any atom is -0.319 e. The summed E-state index contributed by atoms with van der Waals surface area (Å²) in [5, 5.41) is 10.9. The average Bonchev–Trinajstić information content (AvgIpc) is 2.85. The van der Waals surface area contributed by atoms with E-state index in [9.17, 15) is 14.9 Å². The van der Waals surface area contributed by atoms with Gasteiger partial charge in [-0.2, -0.15) is 4.99 Å². The van der Waals surface area contributed by atoms with Gasteiger partial charge in [-0.05, 0) is 18.6 Å². The molecule has 24 heavy (non-hydrogen) atoms.